The van der Waals surface area contributed by atoms with Gasteiger partial charge in [-0.3, -0.25) is 4.79 Å². The Bertz CT molecular complexity index is 518. The lowest BCUT2D eigenvalue weighted by atomic mass is 10.1. The molecule has 1 aromatic rings. The first-order valence-electron chi connectivity index (χ1n) is 7.10. The standard InChI is InChI=1S/C15H20N2O4/c1-2-5-10(8-14(18)19)16-15(20)17-12-9-21-13-7-4-3-6-11(12)13/h3-4,6-7,10,12H,2,5,8-9H2,1H3,(H,18,19)(H2,16,17,20). The Morgan fingerprint density at radius 3 is 2.90 bits per heavy atom. The zero-order chi connectivity index (χ0) is 15.2. The molecule has 1 aliphatic rings. The molecule has 6 nitrogen and oxygen atoms in total. The van der Waals surface area contributed by atoms with Crippen LogP contribution in [0.1, 0.15) is 37.8 Å². The second-order valence-corrected chi connectivity index (χ2v) is 5.10. The minimum absolute atomic E-state index is 0.0704. The molecule has 21 heavy (non-hydrogen) atoms. The summed E-state index contributed by atoms with van der Waals surface area (Å²) in [5, 5.41) is 14.4. The van der Waals surface area contributed by atoms with Gasteiger partial charge < -0.3 is 20.5 Å². The van der Waals surface area contributed by atoms with Crippen LogP contribution in [0.3, 0.4) is 0 Å². The van der Waals surface area contributed by atoms with Crippen LogP contribution in [0.25, 0.3) is 0 Å². The Balaban J connectivity index is 1.91. The van der Waals surface area contributed by atoms with Crippen molar-refractivity contribution in [1.29, 1.82) is 0 Å². The van der Waals surface area contributed by atoms with Gasteiger partial charge in [0.2, 0.25) is 0 Å². The Hall–Kier alpha value is -2.24. The fourth-order valence-corrected chi connectivity index (χ4v) is 2.45. The highest BCUT2D eigenvalue weighted by molar-refractivity contribution is 5.76. The first-order chi connectivity index (χ1) is 10.1. The smallest absolute Gasteiger partial charge is 0.315 e. The van der Waals surface area contributed by atoms with Crippen LogP contribution < -0.4 is 15.4 Å². The molecule has 1 heterocycles. The Kier molecular flexibility index (Phi) is 5.03. The number of nitrogens with one attached hydrogen (secondary N) is 2. The number of ether oxygens (including phenoxy) is 1. The molecule has 1 aliphatic heterocycles. The molecule has 1 aromatic carbocycles. The number of carbonyl (C=O) groups excluding carboxylic acids is 1. The molecular weight excluding hydrogens is 272 g/mol. The van der Waals surface area contributed by atoms with Crippen LogP contribution in [0, 0.1) is 0 Å². The van der Waals surface area contributed by atoms with Crippen molar-refractivity contribution in [3.05, 3.63) is 29.8 Å². The molecule has 2 rings (SSSR count). The van der Waals surface area contributed by atoms with Crippen molar-refractivity contribution >= 4 is 12.0 Å². The molecule has 0 fully saturated rings. The second kappa shape index (κ2) is 6.97. The summed E-state index contributed by atoms with van der Waals surface area (Å²) in [7, 11) is 0. The number of amides is 2. The van der Waals surface area contributed by atoms with Crippen molar-refractivity contribution in [1.82, 2.24) is 10.6 Å². The number of hydrogen-bond donors (Lipinski definition) is 3. The maximum Gasteiger partial charge on any atom is 0.315 e. The van der Waals surface area contributed by atoms with Gasteiger partial charge in [0.05, 0.1) is 12.5 Å². The van der Waals surface area contributed by atoms with Gasteiger partial charge in [-0.25, -0.2) is 4.79 Å². The zero-order valence-electron chi connectivity index (χ0n) is 12.0. The van der Waals surface area contributed by atoms with Crippen LogP contribution in [0.15, 0.2) is 24.3 Å². The predicted molar refractivity (Wildman–Crippen MR) is 77.3 cm³/mol. The lowest BCUT2D eigenvalue weighted by Crippen LogP contribution is -2.44. The fourth-order valence-electron chi connectivity index (χ4n) is 2.45. The fraction of sp³-hybridized carbons (Fsp3) is 0.467. The molecule has 2 amide bonds. The number of aliphatic carboxylic acids is 1. The molecule has 0 radical (unpaired) electrons. The van der Waals surface area contributed by atoms with Crippen molar-refractivity contribution < 1.29 is 19.4 Å². The second-order valence-electron chi connectivity index (χ2n) is 5.10. The third-order valence-electron chi connectivity index (χ3n) is 3.40. The van der Waals surface area contributed by atoms with Crippen LogP contribution in [0.4, 0.5) is 4.79 Å². The van der Waals surface area contributed by atoms with Crippen LogP contribution in [0.2, 0.25) is 0 Å². The van der Waals surface area contributed by atoms with E-state index in [1.165, 1.54) is 0 Å². The SMILES string of the molecule is CCCC(CC(=O)O)NC(=O)NC1COc2ccccc21. The van der Waals surface area contributed by atoms with Crippen LogP contribution >= 0.6 is 0 Å². The van der Waals surface area contributed by atoms with Crippen molar-refractivity contribution in [2.75, 3.05) is 6.61 Å². The topological polar surface area (TPSA) is 87.7 Å². The van der Waals surface area contributed by atoms with Crippen molar-refractivity contribution in [3.63, 3.8) is 0 Å². The van der Waals surface area contributed by atoms with E-state index >= 15 is 0 Å². The Morgan fingerprint density at radius 2 is 2.19 bits per heavy atom. The zero-order valence-corrected chi connectivity index (χ0v) is 12.0. The van der Waals surface area contributed by atoms with Crippen molar-refractivity contribution in [2.24, 2.45) is 0 Å². The number of urea groups is 1. The normalized spacial score (nSPS) is 17.5. The van der Waals surface area contributed by atoms with Crippen LogP contribution in [-0.2, 0) is 4.79 Å². The first-order valence-corrected chi connectivity index (χ1v) is 7.10. The number of fused-ring (bicyclic) bond motifs is 1. The summed E-state index contributed by atoms with van der Waals surface area (Å²) >= 11 is 0. The summed E-state index contributed by atoms with van der Waals surface area (Å²) in [6, 6.07) is 6.63. The molecule has 0 saturated heterocycles. The van der Waals surface area contributed by atoms with Crippen molar-refractivity contribution in [3.8, 4) is 5.75 Å². The summed E-state index contributed by atoms with van der Waals surface area (Å²) in [5.74, 6) is -0.137. The average Bonchev–Trinajstić information content (AvgIpc) is 2.82. The monoisotopic (exact) mass is 292 g/mol. The van der Waals surface area contributed by atoms with Gasteiger partial charge in [-0.2, -0.15) is 0 Å². The van der Waals surface area contributed by atoms with E-state index in [0.29, 0.717) is 13.0 Å². The summed E-state index contributed by atoms with van der Waals surface area (Å²) in [5.41, 5.74) is 0.943. The minimum Gasteiger partial charge on any atom is -0.491 e. The summed E-state index contributed by atoms with van der Waals surface area (Å²) in [4.78, 5) is 22.8. The minimum atomic E-state index is -0.914. The highest BCUT2D eigenvalue weighted by Gasteiger charge is 2.26. The molecule has 6 heteroatoms. The largest absolute Gasteiger partial charge is 0.491 e. The number of rotatable bonds is 6. The number of carboxylic acid groups (broad SMARTS) is 1. The molecule has 2 unspecified atom stereocenters. The van der Waals surface area contributed by atoms with Crippen LogP contribution in [-0.4, -0.2) is 29.8 Å². The summed E-state index contributed by atoms with van der Waals surface area (Å²) < 4.78 is 5.49. The van der Waals surface area contributed by atoms with E-state index in [1.807, 2.05) is 31.2 Å². The molecule has 3 N–H and O–H groups in total. The molecule has 0 bridgehead atoms. The maximum atomic E-state index is 12.0. The Morgan fingerprint density at radius 1 is 1.43 bits per heavy atom. The van der Waals surface area contributed by atoms with E-state index in [2.05, 4.69) is 10.6 Å². The number of carbonyl (C=O) groups is 2. The highest BCUT2D eigenvalue weighted by Crippen LogP contribution is 2.31. The van der Waals surface area contributed by atoms with Gasteiger partial charge in [-0.1, -0.05) is 31.5 Å². The van der Waals surface area contributed by atoms with Gasteiger partial charge in [0.25, 0.3) is 0 Å². The molecule has 0 spiro atoms. The number of benzene rings is 1. The molecular formula is C15H20N2O4. The van der Waals surface area contributed by atoms with E-state index < -0.39 is 5.97 Å². The number of carboxylic acids is 1. The van der Waals surface area contributed by atoms with Crippen LogP contribution in [0.5, 0.6) is 5.75 Å². The predicted octanol–water partition coefficient (Wildman–Crippen LogP) is 2.06. The Labute approximate surface area is 123 Å². The van der Waals surface area contributed by atoms with Gasteiger partial charge in [0.15, 0.2) is 0 Å². The lowest BCUT2D eigenvalue weighted by molar-refractivity contribution is -0.137. The number of hydrogen-bond acceptors (Lipinski definition) is 3. The third-order valence-corrected chi connectivity index (χ3v) is 3.40. The molecule has 114 valence electrons. The number of para-hydroxylation sites is 1. The van der Waals surface area contributed by atoms with Gasteiger partial charge in [0, 0.05) is 11.6 Å². The quantitative estimate of drug-likeness (QED) is 0.749. The van der Waals surface area contributed by atoms with Crippen molar-refractivity contribution in [2.45, 2.75) is 38.3 Å². The highest BCUT2D eigenvalue weighted by atomic mass is 16.5. The van der Waals surface area contributed by atoms with Gasteiger partial charge in [-0.15, -0.1) is 0 Å². The van der Waals surface area contributed by atoms with E-state index in [-0.39, 0.29) is 24.5 Å². The maximum absolute atomic E-state index is 12.0. The lowest BCUT2D eigenvalue weighted by Gasteiger charge is -2.18. The third kappa shape index (κ3) is 4.11. The van der Waals surface area contributed by atoms with E-state index in [1.54, 1.807) is 0 Å². The van der Waals surface area contributed by atoms with Gasteiger partial charge in [0.1, 0.15) is 12.4 Å². The molecule has 0 aliphatic carbocycles. The summed E-state index contributed by atoms with van der Waals surface area (Å²) in [6.45, 7) is 2.35. The summed E-state index contributed by atoms with van der Waals surface area (Å²) in [6.07, 6.45) is 1.38. The average molecular weight is 292 g/mol. The van der Waals surface area contributed by atoms with Gasteiger partial charge in [-0.05, 0) is 12.5 Å². The molecule has 0 aromatic heterocycles. The van der Waals surface area contributed by atoms with E-state index in [9.17, 15) is 9.59 Å². The molecule has 0 saturated carbocycles. The van der Waals surface area contributed by atoms with E-state index in [0.717, 1.165) is 17.7 Å². The van der Waals surface area contributed by atoms with Gasteiger partial charge >= 0.3 is 12.0 Å². The first kappa shape index (κ1) is 15.2. The molecule has 2 atom stereocenters. The van der Waals surface area contributed by atoms with E-state index in [4.69, 9.17) is 9.84 Å².